The molecule has 0 aromatic heterocycles. The molecule has 0 amide bonds. The number of amidine groups is 1. The Morgan fingerprint density at radius 3 is 2.60 bits per heavy atom. The maximum Gasteiger partial charge on any atom is 0.127 e. The van der Waals surface area contributed by atoms with E-state index in [-0.39, 0.29) is 0 Å². The fourth-order valence-electron chi connectivity index (χ4n) is 0.762. The largest absolute Gasteiger partial charge is 0.385 e. The Bertz CT molecular complexity index is 137. The van der Waals surface area contributed by atoms with E-state index in [9.17, 15) is 0 Å². The molecule has 5 N–H and O–H groups in total. The fraction of sp³-hybridized carbons (Fsp3) is 0.800. The maximum atomic E-state index is 5.57. The molecule has 5 heteroatoms. The lowest BCUT2D eigenvalue weighted by Crippen LogP contribution is -2.50. The summed E-state index contributed by atoms with van der Waals surface area (Å²) >= 11 is 0. The number of hydrazine groups is 1. The molecule has 1 aliphatic rings. The Morgan fingerprint density at radius 2 is 2.30 bits per heavy atom. The van der Waals surface area contributed by atoms with Gasteiger partial charge in [0.1, 0.15) is 5.84 Å². The van der Waals surface area contributed by atoms with Gasteiger partial charge >= 0.3 is 0 Å². The minimum Gasteiger partial charge on any atom is -0.385 e. The zero-order valence-corrected chi connectivity index (χ0v) is 6.04. The second kappa shape index (κ2) is 2.85. The maximum absolute atomic E-state index is 5.57. The van der Waals surface area contributed by atoms with E-state index in [1.54, 1.807) is 7.05 Å². The molecule has 58 valence electrons. The Morgan fingerprint density at radius 1 is 1.70 bits per heavy atom. The van der Waals surface area contributed by atoms with Crippen molar-refractivity contribution in [3.8, 4) is 0 Å². The highest BCUT2D eigenvalue weighted by molar-refractivity contribution is 5.83. The van der Waals surface area contributed by atoms with Crippen LogP contribution in [0.4, 0.5) is 0 Å². The van der Waals surface area contributed by atoms with Gasteiger partial charge in [0.25, 0.3) is 0 Å². The van der Waals surface area contributed by atoms with Gasteiger partial charge in [0.15, 0.2) is 0 Å². The summed E-state index contributed by atoms with van der Waals surface area (Å²) in [6.07, 6.45) is 0. The van der Waals surface area contributed by atoms with Crippen LogP contribution in [0.15, 0.2) is 5.10 Å². The van der Waals surface area contributed by atoms with E-state index in [1.165, 1.54) is 5.12 Å². The summed E-state index contributed by atoms with van der Waals surface area (Å²) in [5.41, 5.74) is 5.57. The fourth-order valence-corrected chi connectivity index (χ4v) is 0.762. The first-order valence-corrected chi connectivity index (χ1v) is 3.23. The molecule has 0 radical (unpaired) electrons. The van der Waals surface area contributed by atoms with Gasteiger partial charge in [-0.3, -0.25) is 0 Å². The van der Waals surface area contributed by atoms with E-state index in [4.69, 9.17) is 11.6 Å². The minimum atomic E-state index is 0.381. The highest BCUT2D eigenvalue weighted by atomic mass is 15.6. The molecule has 0 aliphatic carbocycles. The minimum absolute atomic E-state index is 0.381. The van der Waals surface area contributed by atoms with Gasteiger partial charge in [-0.15, -0.1) is 5.10 Å². The van der Waals surface area contributed by atoms with Crippen LogP contribution < -0.4 is 16.9 Å². The lowest BCUT2D eigenvalue weighted by atomic mass is 10.0. The van der Waals surface area contributed by atoms with Crippen LogP contribution in [0, 0.1) is 5.92 Å². The Balaban J connectivity index is 2.38. The van der Waals surface area contributed by atoms with Crippen molar-refractivity contribution in [3.63, 3.8) is 0 Å². The normalized spacial score (nSPS) is 20.4. The SMILES string of the molecule is CN(N)/N=C(\N)C1CNC1. The molecule has 1 rings (SSSR count). The lowest BCUT2D eigenvalue weighted by molar-refractivity contribution is 0.357. The molecule has 5 nitrogen and oxygen atoms in total. The quantitative estimate of drug-likeness (QED) is 0.186. The molecular weight excluding hydrogens is 130 g/mol. The summed E-state index contributed by atoms with van der Waals surface area (Å²) in [6.45, 7) is 1.84. The van der Waals surface area contributed by atoms with E-state index < -0.39 is 0 Å². The van der Waals surface area contributed by atoms with Gasteiger partial charge in [-0.2, -0.15) is 0 Å². The van der Waals surface area contributed by atoms with Gasteiger partial charge in [-0.05, 0) is 0 Å². The van der Waals surface area contributed by atoms with E-state index in [1.807, 2.05) is 0 Å². The van der Waals surface area contributed by atoms with Crippen molar-refractivity contribution in [2.24, 2.45) is 22.6 Å². The van der Waals surface area contributed by atoms with E-state index in [0.717, 1.165) is 13.1 Å². The van der Waals surface area contributed by atoms with Crippen molar-refractivity contribution in [1.82, 2.24) is 10.4 Å². The third kappa shape index (κ3) is 1.58. The molecule has 10 heavy (non-hydrogen) atoms. The zero-order valence-electron chi connectivity index (χ0n) is 6.04. The van der Waals surface area contributed by atoms with Gasteiger partial charge in [0.05, 0.1) is 0 Å². The van der Waals surface area contributed by atoms with Crippen molar-refractivity contribution < 1.29 is 0 Å². The summed E-state index contributed by atoms with van der Waals surface area (Å²) in [5, 5.41) is 8.19. The molecule has 1 heterocycles. The Hall–Kier alpha value is -0.810. The van der Waals surface area contributed by atoms with Gasteiger partial charge < -0.3 is 11.1 Å². The number of nitrogens with one attached hydrogen (secondary N) is 1. The molecule has 0 saturated carbocycles. The molecule has 0 bridgehead atoms. The molecule has 0 aromatic carbocycles. The van der Waals surface area contributed by atoms with Crippen LogP contribution in [0.1, 0.15) is 0 Å². The predicted molar refractivity (Wildman–Crippen MR) is 39.9 cm³/mol. The first-order chi connectivity index (χ1) is 4.70. The van der Waals surface area contributed by atoms with Crippen LogP contribution >= 0.6 is 0 Å². The summed E-state index contributed by atoms with van der Waals surface area (Å²) in [6, 6.07) is 0. The van der Waals surface area contributed by atoms with E-state index >= 15 is 0 Å². The number of hydrogen-bond donors (Lipinski definition) is 3. The molecule has 1 saturated heterocycles. The van der Waals surface area contributed by atoms with Gasteiger partial charge in [0, 0.05) is 26.1 Å². The topological polar surface area (TPSA) is 79.7 Å². The van der Waals surface area contributed by atoms with Crippen molar-refractivity contribution in [2.45, 2.75) is 0 Å². The summed E-state index contributed by atoms with van der Waals surface area (Å²) in [4.78, 5) is 0. The number of nitrogens with zero attached hydrogens (tertiary/aromatic N) is 2. The van der Waals surface area contributed by atoms with Crippen molar-refractivity contribution in [1.29, 1.82) is 0 Å². The average molecular weight is 143 g/mol. The first-order valence-electron chi connectivity index (χ1n) is 3.23. The second-order valence-corrected chi connectivity index (χ2v) is 2.45. The third-order valence-electron chi connectivity index (χ3n) is 1.47. The van der Waals surface area contributed by atoms with Crippen LogP contribution in [0.25, 0.3) is 0 Å². The summed E-state index contributed by atoms with van der Waals surface area (Å²) in [5.74, 6) is 6.25. The van der Waals surface area contributed by atoms with Crippen LogP contribution in [-0.2, 0) is 0 Å². The molecule has 1 aliphatic heterocycles. The smallest absolute Gasteiger partial charge is 0.127 e. The highest BCUT2D eigenvalue weighted by Gasteiger charge is 2.20. The van der Waals surface area contributed by atoms with Gasteiger partial charge in [-0.25, -0.2) is 11.0 Å². The number of hydrazone groups is 1. The molecule has 0 unspecified atom stereocenters. The second-order valence-electron chi connectivity index (χ2n) is 2.45. The van der Waals surface area contributed by atoms with Crippen molar-refractivity contribution in [3.05, 3.63) is 0 Å². The Kier molecular flexibility index (Phi) is 2.08. The molecule has 1 fully saturated rings. The predicted octanol–water partition coefficient (Wildman–Crippen LogP) is -1.72. The zero-order chi connectivity index (χ0) is 7.56. The molecule has 0 atom stereocenters. The third-order valence-corrected chi connectivity index (χ3v) is 1.47. The van der Waals surface area contributed by atoms with E-state index in [0.29, 0.717) is 11.8 Å². The molecule has 0 spiro atoms. The number of nitrogens with two attached hydrogens (primary N) is 2. The lowest BCUT2D eigenvalue weighted by Gasteiger charge is -2.26. The standard InChI is InChI=1S/C5H13N5/c1-10(7)9-5(6)4-2-8-3-4/h4,8H,2-3,7H2,1H3,(H2,6,9). The van der Waals surface area contributed by atoms with Crippen molar-refractivity contribution in [2.75, 3.05) is 20.1 Å². The van der Waals surface area contributed by atoms with Crippen LogP contribution in [0.5, 0.6) is 0 Å². The number of hydrogen-bond acceptors (Lipinski definition) is 4. The van der Waals surface area contributed by atoms with Crippen LogP contribution in [-0.4, -0.2) is 31.1 Å². The Labute approximate surface area is 60.0 Å². The molecule has 0 aromatic rings. The highest BCUT2D eigenvalue weighted by Crippen LogP contribution is 2.01. The average Bonchev–Trinajstić information content (AvgIpc) is 1.55. The molecular formula is C5H13N5. The summed E-state index contributed by atoms with van der Waals surface area (Å²) < 4.78 is 0. The number of rotatable bonds is 2. The van der Waals surface area contributed by atoms with Gasteiger partial charge in [-0.1, -0.05) is 0 Å². The van der Waals surface area contributed by atoms with Gasteiger partial charge in [0.2, 0.25) is 0 Å². The summed E-state index contributed by atoms with van der Waals surface area (Å²) in [7, 11) is 1.65. The first kappa shape index (κ1) is 7.30. The van der Waals surface area contributed by atoms with Crippen LogP contribution in [0.3, 0.4) is 0 Å². The van der Waals surface area contributed by atoms with Crippen molar-refractivity contribution >= 4 is 5.84 Å². The van der Waals surface area contributed by atoms with E-state index in [2.05, 4.69) is 10.4 Å². The van der Waals surface area contributed by atoms with Crippen LogP contribution in [0.2, 0.25) is 0 Å². The monoisotopic (exact) mass is 143 g/mol.